The van der Waals surface area contributed by atoms with E-state index < -0.39 is 0 Å². The Morgan fingerprint density at radius 2 is 2.12 bits per heavy atom. The molecule has 7 heteroatoms. The lowest BCUT2D eigenvalue weighted by Gasteiger charge is -2.22. The molecule has 3 rings (SSSR count). The smallest absolute Gasteiger partial charge is 0.339 e. The molecule has 0 N–H and O–H groups in total. The van der Waals surface area contributed by atoms with Gasteiger partial charge >= 0.3 is 5.97 Å². The Hall–Kier alpha value is -1.44. The predicted octanol–water partition coefficient (Wildman–Crippen LogP) is 3.79. The summed E-state index contributed by atoms with van der Waals surface area (Å²) in [6.45, 7) is 7.21. The van der Waals surface area contributed by atoms with Crippen molar-refractivity contribution in [3.8, 4) is 0 Å². The Morgan fingerprint density at radius 1 is 1.24 bits per heavy atom. The zero-order valence-corrected chi connectivity index (χ0v) is 16.7. The quantitative estimate of drug-likeness (QED) is 0.684. The van der Waals surface area contributed by atoms with E-state index in [0.717, 1.165) is 45.0 Å². The summed E-state index contributed by atoms with van der Waals surface area (Å²) in [4.78, 5) is 22.4. The molecule has 0 amide bonds. The zero-order valence-electron chi connectivity index (χ0n) is 14.3. The first kappa shape index (κ1) is 18.4. The van der Waals surface area contributed by atoms with E-state index in [0.29, 0.717) is 12.2 Å². The fraction of sp³-hybridized carbons (Fsp3) is 0.444. The van der Waals surface area contributed by atoms with Gasteiger partial charge in [-0.3, -0.25) is 4.90 Å². The molecule has 3 heterocycles. The van der Waals surface area contributed by atoms with Crippen LogP contribution in [0.3, 0.4) is 0 Å². The number of thiophene rings is 1. The van der Waals surface area contributed by atoms with Crippen molar-refractivity contribution in [2.24, 2.45) is 0 Å². The van der Waals surface area contributed by atoms with E-state index in [1.165, 1.54) is 8.66 Å². The molecule has 0 saturated carbocycles. The number of carbonyl (C=O) groups excluding carboxylic acids is 1. The van der Waals surface area contributed by atoms with Gasteiger partial charge in [-0.1, -0.05) is 0 Å². The van der Waals surface area contributed by atoms with Crippen molar-refractivity contribution in [3.63, 3.8) is 0 Å². The molecule has 1 aliphatic rings. The number of aromatic nitrogens is 1. The maximum atomic E-state index is 11.7. The molecular formula is C18H22BrN3O2S. The number of halogens is 1. The summed E-state index contributed by atoms with van der Waals surface area (Å²) in [7, 11) is 0. The van der Waals surface area contributed by atoms with Crippen LogP contribution in [0.1, 0.15) is 28.6 Å². The average Bonchev–Trinajstić information content (AvgIpc) is 2.88. The molecule has 1 fully saturated rings. The molecule has 0 aromatic carbocycles. The molecule has 1 saturated heterocycles. The summed E-state index contributed by atoms with van der Waals surface area (Å²) in [5.74, 6) is 0.611. The number of hydrogen-bond acceptors (Lipinski definition) is 6. The van der Waals surface area contributed by atoms with Crippen molar-refractivity contribution in [3.05, 3.63) is 44.7 Å². The minimum Gasteiger partial charge on any atom is -0.462 e. The van der Waals surface area contributed by atoms with Crippen molar-refractivity contribution in [2.45, 2.75) is 19.9 Å². The zero-order chi connectivity index (χ0) is 17.6. The van der Waals surface area contributed by atoms with Gasteiger partial charge in [0.05, 0.1) is 16.0 Å². The van der Waals surface area contributed by atoms with Gasteiger partial charge < -0.3 is 9.64 Å². The maximum absolute atomic E-state index is 11.7. The highest BCUT2D eigenvalue weighted by Gasteiger charge is 2.17. The van der Waals surface area contributed by atoms with Crippen LogP contribution in [0.4, 0.5) is 5.82 Å². The molecule has 0 spiro atoms. The SMILES string of the molecule is CCOC(=O)c1ccc(N2CCCN(Cc3ccc(Br)s3)CC2)nc1. The highest BCUT2D eigenvalue weighted by atomic mass is 79.9. The Kier molecular flexibility index (Phi) is 6.45. The third-order valence-electron chi connectivity index (χ3n) is 4.18. The minimum absolute atomic E-state index is 0.314. The van der Waals surface area contributed by atoms with E-state index in [2.05, 4.69) is 42.8 Å². The van der Waals surface area contributed by atoms with Gasteiger partial charge in [-0.2, -0.15) is 0 Å². The predicted molar refractivity (Wildman–Crippen MR) is 104 cm³/mol. The molecular weight excluding hydrogens is 402 g/mol. The van der Waals surface area contributed by atoms with Crippen LogP contribution >= 0.6 is 27.3 Å². The van der Waals surface area contributed by atoms with Crippen LogP contribution in [0.5, 0.6) is 0 Å². The van der Waals surface area contributed by atoms with Crippen LogP contribution < -0.4 is 4.90 Å². The van der Waals surface area contributed by atoms with Gasteiger partial charge in [0.25, 0.3) is 0 Å². The summed E-state index contributed by atoms with van der Waals surface area (Å²) in [6.07, 6.45) is 2.72. The molecule has 2 aromatic heterocycles. The normalized spacial score (nSPS) is 15.8. The molecule has 25 heavy (non-hydrogen) atoms. The Morgan fingerprint density at radius 3 is 2.80 bits per heavy atom. The Bertz CT molecular complexity index is 705. The molecule has 0 atom stereocenters. The molecule has 0 aliphatic carbocycles. The summed E-state index contributed by atoms with van der Waals surface area (Å²) >= 11 is 5.33. The van der Waals surface area contributed by atoms with Gasteiger partial charge in [0, 0.05) is 43.8 Å². The molecule has 0 radical (unpaired) electrons. The van der Waals surface area contributed by atoms with Crippen LogP contribution in [0, 0.1) is 0 Å². The largest absolute Gasteiger partial charge is 0.462 e. The van der Waals surface area contributed by atoms with Crippen molar-refractivity contribution in [1.29, 1.82) is 0 Å². The van der Waals surface area contributed by atoms with Crippen LogP contribution in [-0.2, 0) is 11.3 Å². The third kappa shape index (κ3) is 5.03. The summed E-state index contributed by atoms with van der Waals surface area (Å²) in [6, 6.07) is 8.01. The number of esters is 1. The van der Waals surface area contributed by atoms with E-state index in [9.17, 15) is 4.79 Å². The molecule has 0 bridgehead atoms. The number of hydrogen-bond donors (Lipinski definition) is 0. The molecule has 0 unspecified atom stereocenters. The average molecular weight is 424 g/mol. The molecule has 2 aromatic rings. The van der Waals surface area contributed by atoms with Gasteiger partial charge in [0.1, 0.15) is 5.82 Å². The summed E-state index contributed by atoms with van der Waals surface area (Å²) in [5.41, 5.74) is 0.505. The van der Waals surface area contributed by atoms with E-state index in [1.807, 2.05) is 6.07 Å². The molecule has 134 valence electrons. The number of pyridine rings is 1. The van der Waals surface area contributed by atoms with Crippen LogP contribution in [0.15, 0.2) is 34.2 Å². The van der Waals surface area contributed by atoms with E-state index in [4.69, 9.17) is 4.74 Å². The van der Waals surface area contributed by atoms with Gasteiger partial charge in [0.15, 0.2) is 0 Å². The molecule has 5 nitrogen and oxygen atoms in total. The summed E-state index contributed by atoms with van der Waals surface area (Å²) in [5, 5.41) is 0. The second-order valence-electron chi connectivity index (χ2n) is 5.95. The molecule has 1 aliphatic heterocycles. The number of rotatable bonds is 5. The lowest BCUT2D eigenvalue weighted by molar-refractivity contribution is 0.0526. The number of nitrogens with zero attached hydrogens (tertiary/aromatic N) is 3. The van der Waals surface area contributed by atoms with Gasteiger partial charge in [-0.05, 0) is 53.5 Å². The Labute approximate surface area is 160 Å². The lowest BCUT2D eigenvalue weighted by atomic mass is 10.2. The van der Waals surface area contributed by atoms with E-state index >= 15 is 0 Å². The van der Waals surface area contributed by atoms with Gasteiger partial charge in [-0.25, -0.2) is 9.78 Å². The fourth-order valence-corrected chi connectivity index (χ4v) is 4.45. The van der Waals surface area contributed by atoms with Gasteiger partial charge in [-0.15, -0.1) is 11.3 Å². The first-order chi connectivity index (χ1) is 12.2. The van der Waals surface area contributed by atoms with Crippen LogP contribution in [0.2, 0.25) is 0 Å². The number of anilines is 1. The topological polar surface area (TPSA) is 45.7 Å². The maximum Gasteiger partial charge on any atom is 0.339 e. The van der Waals surface area contributed by atoms with E-state index in [1.54, 1.807) is 30.5 Å². The van der Waals surface area contributed by atoms with Crippen LogP contribution in [-0.4, -0.2) is 48.6 Å². The van der Waals surface area contributed by atoms with Gasteiger partial charge in [0.2, 0.25) is 0 Å². The van der Waals surface area contributed by atoms with Crippen molar-refractivity contribution in [2.75, 3.05) is 37.7 Å². The third-order valence-corrected chi connectivity index (χ3v) is 5.79. The first-order valence-corrected chi connectivity index (χ1v) is 10.1. The van der Waals surface area contributed by atoms with Crippen molar-refractivity contribution < 1.29 is 9.53 Å². The fourth-order valence-electron chi connectivity index (χ4n) is 2.92. The van der Waals surface area contributed by atoms with Crippen molar-refractivity contribution in [1.82, 2.24) is 9.88 Å². The number of carbonyl (C=O) groups is 1. The monoisotopic (exact) mass is 423 g/mol. The van der Waals surface area contributed by atoms with E-state index in [-0.39, 0.29) is 5.97 Å². The van der Waals surface area contributed by atoms with Crippen LogP contribution in [0.25, 0.3) is 0 Å². The first-order valence-electron chi connectivity index (χ1n) is 8.50. The lowest BCUT2D eigenvalue weighted by Crippen LogP contribution is -2.30. The summed E-state index contributed by atoms with van der Waals surface area (Å²) < 4.78 is 6.19. The Balaban J connectivity index is 1.58. The highest BCUT2D eigenvalue weighted by Crippen LogP contribution is 2.24. The standard InChI is InChI=1S/C18H22BrN3O2S/c1-2-24-18(23)14-4-7-17(20-12-14)22-9-3-8-21(10-11-22)13-15-5-6-16(19)25-15/h4-7,12H,2-3,8-11,13H2,1H3. The minimum atomic E-state index is -0.314. The second-order valence-corrected chi connectivity index (χ2v) is 8.50. The highest BCUT2D eigenvalue weighted by molar-refractivity contribution is 9.11. The number of ether oxygens (including phenoxy) is 1. The second kappa shape index (κ2) is 8.78. The van der Waals surface area contributed by atoms with Crippen molar-refractivity contribution >= 4 is 39.1 Å².